The Kier molecular flexibility index (Phi) is 6.89. The van der Waals surface area contributed by atoms with Crippen LogP contribution in [0.4, 0.5) is 17.6 Å². The molecule has 29 heavy (non-hydrogen) atoms. The Balaban J connectivity index is 1.29. The fourth-order valence-electron chi connectivity index (χ4n) is 5.90. The highest BCUT2D eigenvalue weighted by atomic mass is 19.2. The van der Waals surface area contributed by atoms with E-state index < -0.39 is 24.7 Å². The second-order valence-electron chi connectivity index (χ2n) is 9.85. The van der Waals surface area contributed by atoms with Crippen LogP contribution >= 0.6 is 0 Å². The molecule has 3 fully saturated rings. The minimum atomic E-state index is -2.04. The monoisotopic (exact) mass is 418 g/mol. The summed E-state index contributed by atoms with van der Waals surface area (Å²) in [6, 6.07) is 0. The standard InChI is InChI=1S/C23H34F4O2/c1-13-11-28-23(29-12-13)15-4-2-14(3-5-15)16-6-7-18(19(24)8-16)17-9-20(25)22(27)21(26)10-17/h2,13,15-23H,3-12H2,1H3. The van der Waals surface area contributed by atoms with Gasteiger partial charge in [-0.1, -0.05) is 18.6 Å². The third-order valence-corrected chi connectivity index (χ3v) is 7.66. The molecule has 0 aromatic rings. The van der Waals surface area contributed by atoms with Gasteiger partial charge in [0.1, 0.15) is 18.5 Å². The van der Waals surface area contributed by atoms with E-state index in [-0.39, 0.29) is 36.9 Å². The zero-order valence-corrected chi connectivity index (χ0v) is 17.3. The zero-order valence-electron chi connectivity index (χ0n) is 17.3. The maximum Gasteiger partial charge on any atom is 0.162 e. The van der Waals surface area contributed by atoms with Crippen LogP contribution in [0, 0.1) is 29.6 Å². The van der Waals surface area contributed by atoms with Crippen LogP contribution < -0.4 is 0 Å². The van der Waals surface area contributed by atoms with Crippen molar-refractivity contribution in [3.05, 3.63) is 11.6 Å². The van der Waals surface area contributed by atoms with Crippen molar-refractivity contribution in [2.45, 2.75) is 89.3 Å². The lowest BCUT2D eigenvalue weighted by atomic mass is 9.67. The predicted octanol–water partition coefficient (Wildman–Crippen LogP) is 5.90. The highest BCUT2D eigenvalue weighted by Crippen LogP contribution is 2.46. The van der Waals surface area contributed by atoms with Gasteiger partial charge in [-0.3, -0.25) is 0 Å². The van der Waals surface area contributed by atoms with Crippen LogP contribution in [-0.2, 0) is 9.47 Å². The first-order valence-electron chi connectivity index (χ1n) is 11.4. The molecule has 6 heteroatoms. The summed E-state index contributed by atoms with van der Waals surface area (Å²) < 4.78 is 67.6. The van der Waals surface area contributed by atoms with Crippen LogP contribution in [0.3, 0.4) is 0 Å². The smallest absolute Gasteiger partial charge is 0.162 e. The average molecular weight is 419 g/mol. The van der Waals surface area contributed by atoms with Gasteiger partial charge < -0.3 is 9.47 Å². The summed E-state index contributed by atoms with van der Waals surface area (Å²) in [7, 11) is 0. The molecule has 1 saturated heterocycles. The molecule has 0 aromatic heterocycles. The molecule has 1 heterocycles. The Labute approximate surface area is 171 Å². The van der Waals surface area contributed by atoms with Gasteiger partial charge in [0.2, 0.25) is 0 Å². The third kappa shape index (κ3) is 4.84. The van der Waals surface area contributed by atoms with Crippen molar-refractivity contribution in [2.75, 3.05) is 13.2 Å². The number of ether oxygens (including phenoxy) is 2. The highest BCUT2D eigenvalue weighted by molar-refractivity contribution is 5.13. The van der Waals surface area contributed by atoms with E-state index in [2.05, 4.69) is 13.0 Å². The molecular weight excluding hydrogens is 384 g/mol. The number of hydrogen-bond donors (Lipinski definition) is 0. The van der Waals surface area contributed by atoms with Gasteiger partial charge in [0.05, 0.1) is 13.2 Å². The van der Waals surface area contributed by atoms with Gasteiger partial charge >= 0.3 is 0 Å². The largest absolute Gasteiger partial charge is 0.352 e. The van der Waals surface area contributed by atoms with Crippen molar-refractivity contribution in [1.29, 1.82) is 0 Å². The molecule has 0 bridgehead atoms. The van der Waals surface area contributed by atoms with E-state index in [1.54, 1.807) is 0 Å². The fourth-order valence-corrected chi connectivity index (χ4v) is 5.90. The van der Waals surface area contributed by atoms with Gasteiger partial charge in [0.15, 0.2) is 12.5 Å². The molecule has 0 N–H and O–H groups in total. The van der Waals surface area contributed by atoms with Crippen molar-refractivity contribution in [1.82, 2.24) is 0 Å². The first kappa shape index (κ1) is 21.6. The highest BCUT2D eigenvalue weighted by Gasteiger charge is 2.45. The van der Waals surface area contributed by atoms with Crippen molar-refractivity contribution >= 4 is 0 Å². The van der Waals surface area contributed by atoms with Crippen LogP contribution in [-0.4, -0.2) is 44.2 Å². The summed E-state index contributed by atoms with van der Waals surface area (Å²) in [6.45, 7) is 3.60. The van der Waals surface area contributed by atoms with Gasteiger partial charge in [-0.25, -0.2) is 17.6 Å². The van der Waals surface area contributed by atoms with E-state index in [4.69, 9.17) is 9.47 Å². The molecule has 0 radical (unpaired) electrons. The van der Waals surface area contributed by atoms with Crippen molar-refractivity contribution < 1.29 is 27.0 Å². The van der Waals surface area contributed by atoms with Gasteiger partial charge in [-0.05, 0) is 69.1 Å². The van der Waals surface area contributed by atoms with Crippen molar-refractivity contribution in [3.63, 3.8) is 0 Å². The Morgan fingerprint density at radius 2 is 1.52 bits per heavy atom. The number of halogens is 4. The van der Waals surface area contributed by atoms with Crippen LogP contribution in [0.2, 0.25) is 0 Å². The van der Waals surface area contributed by atoms with Crippen LogP contribution in [0.1, 0.15) is 58.3 Å². The molecule has 1 aliphatic heterocycles. The maximum absolute atomic E-state index is 15.0. The molecule has 4 aliphatic rings. The van der Waals surface area contributed by atoms with Gasteiger partial charge in [-0.2, -0.15) is 0 Å². The summed E-state index contributed by atoms with van der Waals surface area (Å²) in [4.78, 5) is 0. The van der Waals surface area contributed by atoms with Gasteiger partial charge in [0, 0.05) is 11.8 Å². The molecular formula is C23H34F4O2. The molecule has 0 aromatic carbocycles. The lowest BCUT2D eigenvalue weighted by molar-refractivity contribution is -0.222. The van der Waals surface area contributed by atoms with E-state index in [1.165, 1.54) is 5.57 Å². The van der Waals surface area contributed by atoms with E-state index in [1.807, 2.05) is 0 Å². The lowest BCUT2D eigenvalue weighted by Gasteiger charge is -2.42. The van der Waals surface area contributed by atoms with E-state index in [0.29, 0.717) is 24.7 Å². The molecule has 166 valence electrons. The molecule has 6 atom stereocenters. The average Bonchev–Trinajstić information content (AvgIpc) is 2.72. The predicted molar refractivity (Wildman–Crippen MR) is 103 cm³/mol. The zero-order chi connectivity index (χ0) is 20.5. The van der Waals surface area contributed by atoms with Crippen LogP contribution in [0.15, 0.2) is 11.6 Å². The summed E-state index contributed by atoms with van der Waals surface area (Å²) in [5.41, 5.74) is 1.32. The first-order chi connectivity index (χ1) is 13.9. The minimum absolute atomic E-state index is 0.0400. The quantitative estimate of drug-likeness (QED) is 0.420. The van der Waals surface area contributed by atoms with Crippen LogP contribution in [0.5, 0.6) is 0 Å². The molecule has 0 spiro atoms. The Morgan fingerprint density at radius 1 is 0.828 bits per heavy atom. The van der Waals surface area contributed by atoms with Crippen LogP contribution in [0.25, 0.3) is 0 Å². The number of rotatable bonds is 3. The molecule has 0 amide bonds. The number of alkyl halides is 4. The second-order valence-corrected chi connectivity index (χ2v) is 9.85. The van der Waals surface area contributed by atoms with E-state index >= 15 is 0 Å². The molecule has 2 nitrogen and oxygen atoms in total. The molecule has 6 unspecified atom stereocenters. The second kappa shape index (κ2) is 9.25. The Hall–Kier alpha value is -0.620. The summed E-state index contributed by atoms with van der Waals surface area (Å²) >= 11 is 0. The van der Waals surface area contributed by atoms with Crippen molar-refractivity contribution in [3.8, 4) is 0 Å². The Bertz CT molecular complexity index is 565. The summed E-state index contributed by atoms with van der Waals surface area (Å²) in [5.74, 6) is 0.310. The SMILES string of the molecule is CC1COC(C2CC=C(C3CCC(C4CC(F)C(F)C(F)C4)C(F)C3)CC2)OC1. The van der Waals surface area contributed by atoms with Crippen molar-refractivity contribution in [2.24, 2.45) is 29.6 Å². The minimum Gasteiger partial charge on any atom is -0.352 e. The molecule has 4 rings (SSSR count). The molecule has 3 aliphatic carbocycles. The lowest BCUT2D eigenvalue weighted by Crippen LogP contribution is -2.43. The first-order valence-corrected chi connectivity index (χ1v) is 11.4. The molecule has 2 saturated carbocycles. The maximum atomic E-state index is 15.0. The fraction of sp³-hybridized carbons (Fsp3) is 0.913. The van der Waals surface area contributed by atoms with Gasteiger partial charge in [-0.15, -0.1) is 0 Å². The van der Waals surface area contributed by atoms with E-state index in [0.717, 1.165) is 38.9 Å². The van der Waals surface area contributed by atoms with Gasteiger partial charge in [0.25, 0.3) is 0 Å². The number of hydrogen-bond acceptors (Lipinski definition) is 2. The van der Waals surface area contributed by atoms with E-state index in [9.17, 15) is 17.6 Å². The Morgan fingerprint density at radius 3 is 2.10 bits per heavy atom. The number of allylic oxidation sites excluding steroid dienone is 2. The third-order valence-electron chi connectivity index (χ3n) is 7.66. The topological polar surface area (TPSA) is 18.5 Å². The normalized spacial score (nSPS) is 49.5. The summed E-state index contributed by atoms with van der Waals surface area (Å²) in [5, 5.41) is 0. The summed E-state index contributed by atoms with van der Waals surface area (Å²) in [6.07, 6.45) is 0.132.